The van der Waals surface area contributed by atoms with Crippen LogP contribution in [0.2, 0.25) is 5.02 Å². The van der Waals surface area contributed by atoms with Gasteiger partial charge >= 0.3 is 0 Å². The van der Waals surface area contributed by atoms with Crippen molar-refractivity contribution in [2.24, 2.45) is 5.92 Å². The van der Waals surface area contributed by atoms with Crippen molar-refractivity contribution in [2.45, 2.75) is 29.2 Å². The quantitative estimate of drug-likeness (QED) is 0.675. The fourth-order valence-corrected chi connectivity index (χ4v) is 5.20. The molecule has 0 radical (unpaired) electrons. The van der Waals surface area contributed by atoms with Gasteiger partial charge in [-0.3, -0.25) is 4.90 Å². The summed E-state index contributed by atoms with van der Waals surface area (Å²) in [5, 5.41) is 0.532. The highest BCUT2D eigenvalue weighted by molar-refractivity contribution is 7.98. The van der Waals surface area contributed by atoms with Crippen LogP contribution in [-0.2, 0) is 16.6 Å². The molecular weight excluding hydrogens is 400 g/mol. The van der Waals surface area contributed by atoms with Gasteiger partial charge in [0.2, 0.25) is 10.0 Å². The third kappa shape index (κ3) is 5.72. The zero-order valence-corrected chi connectivity index (χ0v) is 17.8. The van der Waals surface area contributed by atoms with Gasteiger partial charge in [-0.15, -0.1) is 11.8 Å². The first-order valence-electron chi connectivity index (χ1n) is 9.07. The smallest absolute Gasteiger partial charge is 0.240 e. The molecule has 0 amide bonds. The molecule has 1 N–H and O–H groups in total. The first kappa shape index (κ1) is 20.7. The number of halogens is 1. The maximum Gasteiger partial charge on any atom is 0.240 e. The van der Waals surface area contributed by atoms with Gasteiger partial charge in [-0.05, 0) is 74.0 Å². The Labute approximate surface area is 171 Å². The van der Waals surface area contributed by atoms with E-state index in [1.165, 1.54) is 22.6 Å². The molecule has 0 unspecified atom stereocenters. The van der Waals surface area contributed by atoms with Crippen molar-refractivity contribution in [1.82, 2.24) is 9.62 Å². The van der Waals surface area contributed by atoms with Gasteiger partial charge < -0.3 is 0 Å². The number of piperidine rings is 1. The third-order valence-corrected chi connectivity index (χ3v) is 7.51. The van der Waals surface area contributed by atoms with E-state index in [9.17, 15) is 8.42 Å². The summed E-state index contributed by atoms with van der Waals surface area (Å²) in [6.07, 6.45) is 4.12. The van der Waals surface area contributed by atoms with Crippen LogP contribution < -0.4 is 4.72 Å². The van der Waals surface area contributed by atoms with E-state index >= 15 is 0 Å². The van der Waals surface area contributed by atoms with Crippen LogP contribution in [0.25, 0.3) is 0 Å². The van der Waals surface area contributed by atoms with Gasteiger partial charge in [0.05, 0.1) is 4.90 Å². The molecule has 1 aliphatic rings. The largest absolute Gasteiger partial charge is 0.299 e. The van der Waals surface area contributed by atoms with Gasteiger partial charge in [-0.2, -0.15) is 0 Å². The molecule has 27 heavy (non-hydrogen) atoms. The summed E-state index contributed by atoms with van der Waals surface area (Å²) < 4.78 is 27.5. The Morgan fingerprint density at radius 1 is 1.11 bits per heavy atom. The summed E-state index contributed by atoms with van der Waals surface area (Å²) in [6, 6.07) is 14.8. The molecule has 1 aliphatic heterocycles. The van der Waals surface area contributed by atoms with E-state index in [2.05, 4.69) is 40.1 Å². The molecule has 4 nitrogen and oxygen atoms in total. The second-order valence-electron chi connectivity index (χ2n) is 6.84. The van der Waals surface area contributed by atoms with Crippen LogP contribution in [-0.4, -0.2) is 39.2 Å². The minimum atomic E-state index is -3.47. The van der Waals surface area contributed by atoms with Gasteiger partial charge in [0.1, 0.15) is 0 Å². The SMILES string of the molecule is CSc1ccccc1CN1CCC(CNS(=O)(=O)c2ccc(Cl)cc2)CC1. The molecule has 0 spiro atoms. The van der Waals surface area contributed by atoms with Crippen LogP contribution in [0.3, 0.4) is 0 Å². The van der Waals surface area contributed by atoms with E-state index in [0.717, 1.165) is 32.5 Å². The number of hydrogen-bond acceptors (Lipinski definition) is 4. The van der Waals surface area contributed by atoms with E-state index in [0.29, 0.717) is 17.5 Å². The second kappa shape index (κ2) is 9.43. The summed E-state index contributed by atoms with van der Waals surface area (Å²) in [4.78, 5) is 4.05. The van der Waals surface area contributed by atoms with Gasteiger partial charge in [0.15, 0.2) is 0 Å². The number of sulfonamides is 1. The van der Waals surface area contributed by atoms with Gasteiger partial charge in [-0.25, -0.2) is 13.1 Å². The lowest BCUT2D eigenvalue weighted by atomic mass is 9.97. The molecule has 3 rings (SSSR count). The van der Waals surface area contributed by atoms with Gasteiger partial charge in [-0.1, -0.05) is 29.8 Å². The molecule has 0 aliphatic carbocycles. The Hall–Kier alpha value is -1.05. The highest BCUT2D eigenvalue weighted by atomic mass is 35.5. The fraction of sp³-hybridized carbons (Fsp3) is 0.400. The molecule has 0 saturated carbocycles. The monoisotopic (exact) mass is 424 g/mol. The summed E-state index contributed by atoms with van der Waals surface area (Å²) in [7, 11) is -3.47. The Morgan fingerprint density at radius 3 is 2.44 bits per heavy atom. The molecule has 0 atom stereocenters. The van der Waals surface area contributed by atoms with Crippen molar-refractivity contribution in [2.75, 3.05) is 25.9 Å². The number of benzene rings is 2. The third-order valence-electron chi connectivity index (χ3n) is 4.98. The Balaban J connectivity index is 1.49. The van der Waals surface area contributed by atoms with Crippen molar-refractivity contribution in [3.05, 3.63) is 59.1 Å². The zero-order chi connectivity index (χ0) is 19.3. The number of hydrogen-bond donors (Lipinski definition) is 1. The highest BCUT2D eigenvalue weighted by Crippen LogP contribution is 2.24. The predicted molar refractivity (Wildman–Crippen MR) is 113 cm³/mol. The maximum atomic E-state index is 12.4. The second-order valence-corrected chi connectivity index (χ2v) is 9.89. The highest BCUT2D eigenvalue weighted by Gasteiger charge is 2.22. The van der Waals surface area contributed by atoms with Crippen molar-refractivity contribution < 1.29 is 8.42 Å². The molecular formula is C20H25ClN2O2S2. The van der Waals surface area contributed by atoms with Crippen molar-refractivity contribution in [3.63, 3.8) is 0 Å². The minimum Gasteiger partial charge on any atom is -0.299 e. The molecule has 146 valence electrons. The number of rotatable bonds is 7. The summed E-state index contributed by atoms with van der Waals surface area (Å²) in [6.45, 7) is 3.44. The lowest BCUT2D eigenvalue weighted by Gasteiger charge is -2.32. The van der Waals surface area contributed by atoms with E-state index in [-0.39, 0.29) is 4.90 Å². The lowest BCUT2D eigenvalue weighted by molar-refractivity contribution is 0.177. The number of thioether (sulfide) groups is 1. The molecule has 2 aromatic rings. The van der Waals surface area contributed by atoms with E-state index in [1.54, 1.807) is 23.9 Å². The Bertz CT molecular complexity index is 849. The van der Waals surface area contributed by atoms with E-state index in [1.807, 2.05) is 0 Å². The average molecular weight is 425 g/mol. The fourth-order valence-electron chi connectivity index (χ4n) is 3.35. The van der Waals surface area contributed by atoms with E-state index < -0.39 is 10.0 Å². The lowest BCUT2D eigenvalue weighted by Crippen LogP contribution is -2.38. The standard InChI is InChI=1S/C20H25ClN2O2S2/c1-26-20-5-3-2-4-17(20)15-23-12-10-16(11-13-23)14-22-27(24,25)19-8-6-18(21)7-9-19/h2-9,16,22H,10-15H2,1H3. The van der Waals surface area contributed by atoms with Crippen LogP contribution in [0.5, 0.6) is 0 Å². The molecule has 7 heteroatoms. The van der Waals surface area contributed by atoms with Crippen LogP contribution in [0.15, 0.2) is 58.3 Å². The zero-order valence-electron chi connectivity index (χ0n) is 15.4. The van der Waals surface area contributed by atoms with Crippen molar-refractivity contribution in [3.8, 4) is 0 Å². The number of nitrogens with zero attached hydrogens (tertiary/aromatic N) is 1. The Kier molecular flexibility index (Phi) is 7.22. The minimum absolute atomic E-state index is 0.262. The molecule has 1 heterocycles. The molecule has 0 bridgehead atoms. The van der Waals surface area contributed by atoms with E-state index in [4.69, 9.17) is 11.6 Å². The predicted octanol–water partition coefficient (Wildman–Crippen LogP) is 4.25. The summed E-state index contributed by atoms with van der Waals surface area (Å²) >= 11 is 7.61. The average Bonchev–Trinajstić information content (AvgIpc) is 2.68. The van der Waals surface area contributed by atoms with Crippen LogP contribution in [0.1, 0.15) is 18.4 Å². The normalized spacial score (nSPS) is 16.5. The summed E-state index contributed by atoms with van der Waals surface area (Å²) in [5.41, 5.74) is 1.37. The van der Waals surface area contributed by atoms with Gasteiger partial charge in [0.25, 0.3) is 0 Å². The van der Waals surface area contributed by atoms with Crippen LogP contribution in [0.4, 0.5) is 0 Å². The Morgan fingerprint density at radius 2 is 1.78 bits per heavy atom. The van der Waals surface area contributed by atoms with Crippen molar-refractivity contribution in [1.29, 1.82) is 0 Å². The molecule has 0 aromatic heterocycles. The first-order valence-corrected chi connectivity index (χ1v) is 12.2. The van der Waals surface area contributed by atoms with Crippen molar-refractivity contribution >= 4 is 33.4 Å². The molecule has 2 aromatic carbocycles. The topological polar surface area (TPSA) is 49.4 Å². The number of likely N-dealkylation sites (tertiary alicyclic amines) is 1. The number of nitrogens with one attached hydrogen (secondary N) is 1. The summed E-state index contributed by atoms with van der Waals surface area (Å²) in [5.74, 6) is 0.374. The maximum absolute atomic E-state index is 12.4. The van der Waals surface area contributed by atoms with Crippen LogP contribution in [0, 0.1) is 5.92 Å². The first-order chi connectivity index (χ1) is 13.0. The van der Waals surface area contributed by atoms with Gasteiger partial charge in [0, 0.05) is 23.0 Å². The molecule has 1 fully saturated rings. The molecule has 1 saturated heterocycles. The van der Waals surface area contributed by atoms with Crippen LogP contribution >= 0.6 is 23.4 Å².